The Hall–Kier alpha value is -2.21. The van der Waals surface area contributed by atoms with Crippen molar-refractivity contribution in [3.63, 3.8) is 0 Å². The fraction of sp³-hybridized carbons (Fsp3) is 0.455. The maximum atomic E-state index is 14.1. The highest BCUT2D eigenvalue weighted by Gasteiger charge is 2.13. The topological polar surface area (TPSA) is 36.7 Å². The number of pyridine rings is 1. The first-order valence-electron chi connectivity index (χ1n) is 9.21. The summed E-state index contributed by atoms with van der Waals surface area (Å²) in [5.74, 6) is 0.522. The molecule has 0 N–H and O–H groups in total. The SMILES string of the molecule is CCCC(CC)c1cccc(CC(C)Cc2ccc(C#N)cc2F)n1. The van der Waals surface area contributed by atoms with Crippen LogP contribution < -0.4 is 0 Å². The van der Waals surface area contributed by atoms with Gasteiger partial charge in [-0.05, 0) is 61.4 Å². The molecule has 1 heterocycles. The Kier molecular flexibility index (Phi) is 7.13. The van der Waals surface area contributed by atoms with E-state index in [1.807, 2.05) is 6.07 Å². The number of nitriles is 1. The molecule has 0 bridgehead atoms. The van der Waals surface area contributed by atoms with Crippen molar-refractivity contribution in [2.45, 2.75) is 58.8 Å². The molecule has 2 aromatic rings. The minimum Gasteiger partial charge on any atom is -0.258 e. The number of aromatic nitrogens is 1. The molecule has 0 spiro atoms. The average molecular weight is 338 g/mol. The fourth-order valence-corrected chi connectivity index (χ4v) is 3.34. The van der Waals surface area contributed by atoms with Crippen molar-refractivity contribution in [2.24, 2.45) is 5.92 Å². The van der Waals surface area contributed by atoms with Gasteiger partial charge < -0.3 is 0 Å². The highest BCUT2D eigenvalue weighted by Crippen LogP contribution is 2.24. The van der Waals surface area contributed by atoms with Gasteiger partial charge in [-0.1, -0.05) is 39.3 Å². The normalized spacial score (nSPS) is 13.2. The van der Waals surface area contributed by atoms with Crippen LogP contribution in [0.5, 0.6) is 0 Å². The lowest BCUT2D eigenvalue weighted by molar-refractivity contribution is 0.531. The van der Waals surface area contributed by atoms with E-state index < -0.39 is 0 Å². The number of rotatable bonds is 8. The smallest absolute Gasteiger partial charge is 0.127 e. The third-order valence-corrected chi connectivity index (χ3v) is 4.68. The van der Waals surface area contributed by atoms with Gasteiger partial charge in [-0.2, -0.15) is 5.26 Å². The van der Waals surface area contributed by atoms with Crippen LogP contribution >= 0.6 is 0 Å². The predicted octanol–water partition coefficient (Wildman–Crippen LogP) is 5.81. The molecular formula is C22H27FN2. The zero-order valence-electron chi connectivity index (χ0n) is 15.4. The van der Waals surface area contributed by atoms with Crippen molar-refractivity contribution < 1.29 is 4.39 Å². The second-order valence-corrected chi connectivity index (χ2v) is 6.88. The van der Waals surface area contributed by atoms with E-state index in [0.29, 0.717) is 23.5 Å². The van der Waals surface area contributed by atoms with E-state index in [1.165, 1.54) is 24.6 Å². The lowest BCUT2D eigenvalue weighted by Gasteiger charge is -2.16. The van der Waals surface area contributed by atoms with Gasteiger partial charge >= 0.3 is 0 Å². The highest BCUT2D eigenvalue weighted by molar-refractivity contribution is 5.33. The summed E-state index contributed by atoms with van der Waals surface area (Å²) < 4.78 is 14.1. The van der Waals surface area contributed by atoms with Crippen LogP contribution in [0.1, 0.15) is 68.5 Å². The molecule has 1 aromatic carbocycles. The molecule has 2 atom stereocenters. The van der Waals surface area contributed by atoms with Crippen LogP contribution in [0.15, 0.2) is 36.4 Å². The molecule has 0 saturated carbocycles. The van der Waals surface area contributed by atoms with Crippen LogP contribution in [0, 0.1) is 23.1 Å². The van der Waals surface area contributed by atoms with Crippen molar-refractivity contribution in [1.82, 2.24) is 4.98 Å². The molecule has 132 valence electrons. The minimum atomic E-state index is -0.290. The van der Waals surface area contributed by atoms with Gasteiger partial charge in [-0.25, -0.2) is 4.39 Å². The largest absolute Gasteiger partial charge is 0.258 e. The van der Waals surface area contributed by atoms with Crippen LogP contribution in [-0.4, -0.2) is 4.98 Å². The van der Waals surface area contributed by atoms with Crippen LogP contribution in [0.2, 0.25) is 0 Å². The summed E-state index contributed by atoms with van der Waals surface area (Å²) >= 11 is 0. The molecule has 0 aliphatic rings. The maximum Gasteiger partial charge on any atom is 0.127 e. The van der Waals surface area contributed by atoms with Crippen molar-refractivity contribution in [3.05, 3.63) is 64.7 Å². The third-order valence-electron chi connectivity index (χ3n) is 4.68. The van der Waals surface area contributed by atoms with E-state index in [4.69, 9.17) is 10.2 Å². The van der Waals surface area contributed by atoms with Gasteiger partial charge in [0.25, 0.3) is 0 Å². The Morgan fingerprint density at radius 2 is 1.96 bits per heavy atom. The third kappa shape index (κ3) is 5.39. The summed E-state index contributed by atoms with van der Waals surface area (Å²) in [4.78, 5) is 4.86. The second-order valence-electron chi connectivity index (χ2n) is 6.88. The molecule has 0 radical (unpaired) electrons. The number of hydrogen-bond donors (Lipinski definition) is 0. The van der Waals surface area contributed by atoms with E-state index >= 15 is 0 Å². The molecule has 0 aliphatic carbocycles. The Morgan fingerprint density at radius 3 is 2.60 bits per heavy atom. The summed E-state index contributed by atoms with van der Waals surface area (Å²) in [7, 11) is 0. The summed E-state index contributed by atoms with van der Waals surface area (Å²) in [5, 5.41) is 8.83. The first-order chi connectivity index (χ1) is 12.1. The summed E-state index contributed by atoms with van der Waals surface area (Å²) in [5.41, 5.74) is 3.29. The zero-order chi connectivity index (χ0) is 18.2. The standard InChI is InChI=1S/C22H27FN2/c1-4-7-18(5-2)22-9-6-8-20(25-22)13-16(3)12-19-11-10-17(15-24)14-21(19)23/h6,8-11,14,16,18H,4-5,7,12-13H2,1-3H3. The van der Waals surface area contributed by atoms with Crippen LogP contribution in [-0.2, 0) is 12.8 Å². The molecule has 0 aliphatic heterocycles. The number of nitrogens with zero attached hydrogens (tertiary/aromatic N) is 2. The van der Waals surface area contributed by atoms with Crippen molar-refractivity contribution >= 4 is 0 Å². The second kappa shape index (κ2) is 9.32. The summed E-state index contributed by atoms with van der Waals surface area (Å²) in [6, 6.07) is 13.0. The molecular weight excluding hydrogens is 311 g/mol. The predicted molar refractivity (Wildman–Crippen MR) is 99.9 cm³/mol. The molecule has 3 heteroatoms. The van der Waals surface area contributed by atoms with Gasteiger partial charge in [0.1, 0.15) is 5.82 Å². The summed E-state index contributed by atoms with van der Waals surface area (Å²) in [6.45, 7) is 6.54. The number of halogens is 1. The number of benzene rings is 1. The van der Waals surface area contributed by atoms with Gasteiger partial charge in [0.2, 0.25) is 0 Å². The van der Waals surface area contributed by atoms with E-state index in [-0.39, 0.29) is 11.7 Å². The molecule has 0 amide bonds. The van der Waals surface area contributed by atoms with Crippen LogP contribution in [0.4, 0.5) is 4.39 Å². The fourth-order valence-electron chi connectivity index (χ4n) is 3.34. The Labute approximate surface area is 150 Å². The van der Waals surface area contributed by atoms with Gasteiger partial charge in [0.05, 0.1) is 11.6 Å². The Balaban J connectivity index is 2.05. The quantitative estimate of drug-likeness (QED) is 0.609. The average Bonchev–Trinajstić information content (AvgIpc) is 2.61. The van der Waals surface area contributed by atoms with Gasteiger partial charge in [0.15, 0.2) is 0 Å². The van der Waals surface area contributed by atoms with Crippen LogP contribution in [0.25, 0.3) is 0 Å². The molecule has 2 nitrogen and oxygen atoms in total. The lowest BCUT2D eigenvalue weighted by atomic mass is 9.93. The first-order valence-corrected chi connectivity index (χ1v) is 9.21. The molecule has 25 heavy (non-hydrogen) atoms. The molecule has 0 fully saturated rings. The van der Waals surface area contributed by atoms with E-state index in [0.717, 1.165) is 18.5 Å². The first kappa shape index (κ1) is 19.1. The molecule has 0 saturated heterocycles. The highest BCUT2D eigenvalue weighted by atomic mass is 19.1. The molecule has 2 rings (SSSR count). The zero-order valence-corrected chi connectivity index (χ0v) is 15.4. The monoisotopic (exact) mass is 338 g/mol. The van der Waals surface area contributed by atoms with E-state index in [9.17, 15) is 4.39 Å². The summed E-state index contributed by atoms with van der Waals surface area (Å²) in [6.07, 6.45) is 4.92. The Morgan fingerprint density at radius 1 is 1.16 bits per heavy atom. The van der Waals surface area contributed by atoms with Crippen molar-refractivity contribution in [2.75, 3.05) is 0 Å². The molecule has 1 aromatic heterocycles. The van der Waals surface area contributed by atoms with Crippen molar-refractivity contribution in [3.8, 4) is 6.07 Å². The van der Waals surface area contributed by atoms with Gasteiger partial charge in [-0.3, -0.25) is 4.98 Å². The minimum absolute atomic E-state index is 0.288. The van der Waals surface area contributed by atoms with E-state index in [2.05, 4.69) is 39.0 Å². The van der Waals surface area contributed by atoms with Gasteiger partial charge in [0, 0.05) is 17.3 Å². The van der Waals surface area contributed by atoms with E-state index in [1.54, 1.807) is 12.1 Å². The lowest BCUT2D eigenvalue weighted by Crippen LogP contribution is -2.09. The number of hydrogen-bond acceptors (Lipinski definition) is 2. The van der Waals surface area contributed by atoms with Gasteiger partial charge in [-0.15, -0.1) is 0 Å². The van der Waals surface area contributed by atoms with Crippen LogP contribution in [0.3, 0.4) is 0 Å². The Bertz CT molecular complexity index is 733. The maximum absolute atomic E-state index is 14.1. The molecule has 2 unspecified atom stereocenters. The van der Waals surface area contributed by atoms with Crippen molar-refractivity contribution in [1.29, 1.82) is 5.26 Å².